The highest BCUT2D eigenvalue weighted by atomic mass is 79.9. The number of halogens is 1. The lowest BCUT2D eigenvalue weighted by atomic mass is 10.1. The number of nitrogens with two attached hydrogens (primary N) is 1. The van der Waals surface area contributed by atoms with Crippen LogP contribution in [0.25, 0.3) is 0 Å². The number of benzene rings is 2. The predicted molar refractivity (Wildman–Crippen MR) is 96.4 cm³/mol. The Hall–Kier alpha value is -1.65. The van der Waals surface area contributed by atoms with Gasteiger partial charge in [-0.05, 0) is 38.0 Å². The minimum atomic E-state index is -0.108. The van der Waals surface area contributed by atoms with Crippen molar-refractivity contribution >= 4 is 27.5 Å². The predicted octanol–water partition coefficient (Wildman–Crippen LogP) is 3.05. The third-order valence-electron chi connectivity index (χ3n) is 4.52. The van der Waals surface area contributed by atoms with E-state index in [9.17, 15) is 4.79 Å². The maximum absolute atomic E-state index is 12.8. The molecule has 0 aliphatic carbocycles. The minimum absolute atomic E-state index is 0.108. The van der Waals surface area contributed by atoms with E-state index in [-0.39, 0.29) is 18.0 Å². The zero-order valence-electron chi connectivity index (χ0n) is 13.5. The van der Waals surface area contributed by atoms with Gasteiger partial charge in [0.2, 0.25) is 0 Å². The fourth-order valence-electron chi connectivity index (χ4n) is 3.28. The molecule has 0 fully saturated rings. The van der Waals surface area contributed by atoms with E-state index >= 15 is 0 Å². The molecule has 2 atom stereocenters. The highest BCUT2D eigenvalue weighted by Gasteiger charge is 2.30. The SMILES string of the molecule is C[C@H]([NH2+][C@H](C)c1ccccc1Br)C(=O)N1CCc2ccccc21. The van der Waals surface area contributed by atoms with Gasteiger partial charge in [-0.1, -0.05) is 52.3 Å². The first-order valence-electron chi connectivity index (χ1n) is 8.06. The van der Waals surface area contributed by atoms with Crippen LogP contribution >= 0.6 is 15.9 Å². The van der Waals surface area contributed by atoms with E-state index in [1.807, 2.05) is 48.2 Å². The van der Waals surface area contributed by atoms with Crippen LogP contribution in [0.3, 0.4) is 0 Å². The number of amides is 1. The van der Waals surface area contributed by atoms with Gasteiger partial charge in [0.25, 0.3) is 5.91 Å². The first-order chi connectivity index (χ1) is 11.1. The van der Waals surface area contributed by atoms with E-state index in [2.05, 4.69) is 40.3 Å². The molecule has 0 unspecified atom stereocenters. The van der Waals surface area contributed by atoms with Crippen molar-refractivity contribution in [2.45, 2.75) is 32.4 Å². The molecule has 3 nitrogen and oxygen atoms in total. The van der Waals surface area contributed by atoms with Crippen molar-refractivity contribution in [2.24, 2.45) is 0 Å². The number of hydrogen-bond donors (Lipinski definition) is 1. The third kappa shape index (κ3) is 3.33. The molecule has 23 heavy (non-hydrogen) atoms. The summed E-state index contributed by atoms with van der Waals surface area (Å²) >= 11 is 3.60. The van der Waals surface area contributed by atoms with E-state index in [1.165, 1.54) is 11.1 Å². The van der Waals surface area contributed by atoms with Crippen LogP contribution < -0.4 is 10.2 Å². The molecule has 3 rings (SSSR count). The van der Waals surface area contributed by atoms with Crippen molar-refractivity contribution < 1.29 is 10.1 Å². The Morgan fingerprint density at radius 2 is 1.83 bits per heavy atom. The first kappa shape index (κ1) is 16.2. The Morgan fingerprint density at radius 3 is 2.61 bits per heavy atom. The number of anilines is 1. The summed E-state index contributed by atoms with van der Waals surface area (Å²) in [7, 11) is 0. The van der Waals surface area contributed by atoms with Crippen LogP contribution in [0.4, 0.5) is 5.69 Å². The highest BCUT2D eigenvalue weighted by Crippen LogP contribution is 2.27. The van der Waals surface area contributed by atoms with E-state index in [0.29, 0.717) is 0 Å². The van der Waals surface area contributed by atoms with E-state index in [4.69, 9.17) is 0 Å². The maximum atomic E-state index is 12.8. The van der Waals surface area contributed by atoms with Crippen LogP contribution in [0.2, 0.25) is 0 Å². The van der Waals surface area contributed by atoms with Crippen LogP contribution in [0.5, 0.6) is 0 Å². The molecule has 1 amide bonds. The quantitative estimate of drug-likeness (QED) is 0.878. The lowest BCUT2D eigenvalue weighted by Gasteiger charge is -2.23. The Kier molecular flexibility index (Phi) is 4.83. The van der Waals surface area contributed by atoms with Gasteiger partial charge in [0.15, 0.2) is 6.04 Å². The van der Waals surface area contributed by atoms with Crippen molar-refractivity contribution in [1.29, 1.82) is 0 Å². The number of fused-ring (bicyclic) bond motifs is 1. The summed E-state index contributed by atoms with van der Waals surface area (Å²) in [6, 6.07) is 16.5. The second-order valence-corrected chi connectivity index (χ2v) is 7.01. The van der Waals surface area contributed by atoms with Crippen LogP contribution in [0.15, 0.2) is 53.0 Å². The van der Waals surface area contributed by atoms with Crippen molar-refractivity contribution in [2.75, 3.05) is 11.4 Å². The molecule has 2 N–H and O–H groups in total. The van der Waals surface area contributed by atoms with Gasteiger partial charge in [-0.15, -0.1) is 0 Å². The lowest BCUT2D eigenvalue weighted by Crippen LogP contribution is -2.92. The van der Waals surface area contributed by atoms with E-state index in [1.54, 1.807) is 0 Å². The number of para-hydroxylation sites is 1. The summed E-state index contributed by atoms with van der Waals surface area (Å²) in [5.74, 6) is 0.189. The van der Waals surface area contributed by atoms with Crippen molar-refractivity contribution in [3.8, 4) is 0 Å². The van der Waals surface area contributed by atoms with Gasteiger partial charge in [-0.25, -0.2) is 0 Å². The number of carbonyl (C=O) groups excluding carboxylic acids is 1. The fourth-order valence-corrected chi connectivity index (χ4v) is 3.92. The molecule has 0 saturated carbocycles. The molecule has 0 bridgehead atoms. The summed E-state index contributed by atoms with van der Waals surface area (Å²) in [6.07, 6.45) is 0.953. The smallest absolute Gasteiger partial charge is 0.284 e. The van der Waals surface area contributed by atoms with Crippen LogP contribution in [0, 0.1) is 0 Å². The molecule has 2 aromatic carbocycles. The van der Waals surface area contributed by atoms with Crippen molar-refractivity contribution in [1.82, 2.24) is 0 Å². The molecule has 120 valence electrons. The van der Waals surface area contributed by atoms with Gasteiger partial charge in [0.1, 0.15) is 6.04 Å². The summed E-state index contributed by atoms with van der Waals surface area (Å²) in [4.78, 5) is 14.8. The molecule has 0 aromatic heterocycles. The molecular weight excluding hydrogens is 352 g/mol. The molecule has 4 heteroatoms. The Labute approximate surface area is 145 Å². The topological polar surface area (TPSA) is 36.9 Å². The molecule has 0 radical (unpaired) electrons. The number of quaternary nitrogens is 1. The molecule has 2 aromatic rings. The summed E-state index contributed by atoms with van der Waals surface area (Å²) < 4.78 is 1.09. The first-order valence-corrected chi connectivity index (χ1v) is 8.86. The van der Waals surface area contributed by atoms with E-state index in [0.717, 1.165) is 23.1 Å². The number of carbonyl (C=O) groups is 1. The summed E-state index contributed by atoms with van der Waals surface area (Å²) in [6.45, 7) is 4.93. The van der Waals surface area contributed by atoms with Crippen LogP contribution in [-0.4, -0.2) is 18.5 Å². The zero-order chi connectivity index (χ0) is 16.4. The monoisotopic (exact) mass is 373 g/mol. The summed E-state index contributed by atoms with van der Waals surface area (Å²) in [5, 5.41) is 2.14. The Balaban J connectivity index is 1.70. The molecule has 1 heterocycles. The minimum Gasteiger partial charge on any atom is -0.330 e. The van der Waals surface area contributed by atoms with Gasteiger partial charge in [0.05, 0.1) is 0 Å². The fraction of sp³-hybridized carbons (Fsp3) is 0.316. The van der Waals surface area contributed by atoms with Gasteiger partial charge < -0.3 is 10.2 Å². The molecule has 1 aliphatic rings. The Bertz CT molecular complexity index is 716. The average molecular weight is 374 g/mol. The summed E-state index contributed by atoms with van der Waals surface area (Å²) in [5.41, 5.74) is 3.56. The maximum Gasteiger partial charge on any atom is 0.284 e. The molecule has 0 spiro atoms. The van der Waals surface area contributed by atoms with Gasteiger partial charge in [0, 0.05) is 22.3 Å². The Morgan fingerprint density at radius 1 is 1.13 bits per heavy atom. The van der Waals surface area contributed by atoms with E-state index < -0.39 is 0 Å². The zero-order valence-corrected chi connectivity index (χ0v) is 15.1. The number of rotatable bonds is 4. The van der Waals surface area contributed by atoms with Crippen LogP contribution in [0.1, 0.15) is 31.0 Å². The molecular formula is C19H22BrN2O+. The highest BCUT2D eigenvalue weighted by molar-refractivity contribution is 9.10. The standard InChI is InChI=1S/C19H21BrN2O/c1-13(16-8-4-5-9-17(16)20)21-14(2)19(23)22-12-11-15-7-3-6-10-18(15)22/h3-10,13-14,21H,11-12H2,1-2H3/p+1/t13-,14+/m1/s1. The van der Waals surface area contributed by atoms with Gasteiger partial charge >= 0.3 is 0 Å². The molecule has 0 saturated heterocycles. The van der Waals surface area contributed by atoms with Crippen molar-refractivity contribution in [3.05, 3.63) is 64.1 Å². The largest absolute Gasteiger partial charge is 0.330 e. The van der Waals surface area contributed by atoms with Crippen molar-refractivity contribution in [3.63, 3.8) is 0 Å². The second-order valence-electron chi connectivity index (χ2n) is 6.16. The lowest BCUT2D eigenvalue weighted by molar-refractivity contribution is -0.710. The number of hydrogen-bond acceptors (Lipinski definition) is 1. The number of nitrogens with zero attached hydrogens (tertiary/aromatic N) is 1. The third-order valence-corrected chi connectivity index (χ3v) is 5.24. The average Bonchev–Trinajstić information content (AvgIpc) is 2.98. The van der Waals surface area contributed by atoms with Gasteiger partial charge in [-0.2, -0.15) is 0 Å². The molecule has 1 aliphatic heterocycles. The second kappa shape index (κ2) is 6.85. The van der Waals surface area contributed by atoms with Crippen LogP contribution in [-0.2, 0) is 11.2 Å². The van der Waals surface area contributed by atoms with Gasteiger partial charge in [-0.3, -0.25) is 4.79 Å². The normalized spacial score (nSPS) is 16.0.